The SMILES string of the molecule is OC(Cc1cncc(Br)c1)C12CC3CC(CC(C3)C1)C2. The number of aliphatic hydroxyl groups is 1. The molecule has 0 spiro atoms. The Kier molecular flexibility index (Phi) is 3.19. The van der Waals surface area contributed by atoms with Crippen LogP contribution in [0.25, 0.3) is 0 Å². The summed E-state index contributed by atoms with van der Waals surface area (Å²) in [6.07, 6.45) is 12.4. The van der Waals surface area contributed by atoms with Crippen molar-refractivity contribution in [2.24, 2.45) is 23.2 Å². The van der Waals surface area contributed by atoms with Gasteiger partial charge in [0.15, 0.2) is 0 Å². The van der Waals surface area contributed by atoms with Crippen LogP contribution in [0.3, 0.4) is 0 Å². The van der Waals surface area contributed by atoms with Gasteiger partial charge in [-0.2, -0.15) is 0 Å². The molecule has 1 atom stereocenters. The molecule has 4 bridgehead atoms. The summed E-state index contributed by atoms with van der Waals surface area (Å²) >= 11 is 3.47. The number of rotatable bonds is 3. The Morgan fingerprint density at radius 2 is 1.75 bits per heavy atom. The molecule has 108 valence electrons. The third-order valence-electron chi connectivity index (χ3n) is 5.98. The average molecular weight is 336 g/mol. The second-order valence-corrected chi connectivity index (χ2v) is 8.43. The Bertz CT molecular complexity index is 480. The van der Waals surface area contributed by atoms with Crippen molar-refractivity contribution in [1.29, 1.82) is 0 Å². The highest BCUT2D eigenvalue weighted by Crippen LogP contribution is 2.61. The smallest absolute Gasteiger partial charge is 0.0637 e. The minimum Gasteiger partial charge on any atom is -0.392 e. The Hall–Kier alpha value is -0.410. The molecule has 1 aromatic heterocycles. The maximum Gasteiger partial charge on any atom is 0.0637 e. The fourth-order valence-corrected chi connectivity index (χ4v) is 6.01. The van der Waals surface area contributed by atoms with Crippen LogP contribution in [0.1, 0.15) is 44.1 Å². The van der Waals surface area contributed by atoms with E-state index in [9.17, 15) is 5.11 Å². The van der Waals surface area contributed by atoms with Crippen molar-refractivity contribution in [2.45, 2.75) is 51.0 Å². The van der Waals surface area contributed by atoms with Crippen LogP contribution in [-0.2, 0) is 6.42 Å². The molecule has 4 fully saturated rings. The van der Waals surface area contributed by atoms with Gasteiger partial charge in [0.2, 0.25) is 0 Å². The highest BCUT2D eigenvalue weighted by atomic mass is 79.9. The summed E-state index contributed by atoms with van der Waals surface area (Å²) in [5.74, 6) is 2.70. The first-order valence-electron chi connectivity index (χ1n) is 7.90. The predicted octanol–water partition coefficient (Wildman–Crippen LogP) is 3.96. The molecule has 4 saturated carbocycles. The molecule has 1 aromatic rings. The average Bonchev–Trinajstić information content (AvgIpc) is 2.37. The van der Waals surface area contributed by atoms with E-state index >= 15 is 0 Å². The van der Waals surface area contributed by atoms with Gasteiger partial charge in [-0.15, -0.1) is 0 Å². The van der Waals surface area contributed by atoms with Crippen LogP contribution in [0.15, 0.2) is 22.9 Å². The third kappa shape index (κ3) is 2.23. The Labute approximate surface area is 129 Å². The molecular weight excluding hydrogens is 314 g/mol. The minimum absolute atomic E-state index is 0.188. The number of halogens is 1. The number of pyridine rings is 1. The van der Waals surface area contributed by atoms with E-state index in [1.54, 1.807) is 6.20 Å². The summed E-state index contributed by atoms with van der Waals surface area (Å²) in [7, 11) is 0. The zero-order chi connectivity index (χ0) is 13.7. The zero-order valence-electron chi connectivity index (χ0n) is 11.8. The summed E-state index contributed by atoms with van der Waals surface area (Å²) in [6.45, 7) is 0. The molecule has 4 aliphatic carbocycles. The molecular formula is C17H22BrNO. The maximum absolute atomic E-state index is 10.9. The van der Waals surface area contributed by atoms with Crippen molar-refractivity contribution in [2.75, 3.05) is 0 Å². The summed E-state index contributed by atoms with van der Waals surface area (Å²) in [6, 6.07) is 2.09. The molecule has 20 heavy (non-hydrogen) atoms. The van der Waals surface area contributed by atoms with Gasteiger partial charge in [0.05, 0.1) is 6.10 Å². The lowest BCUT2D eigenvalue weighted by Crippen LogP contribution is -2.52. The van der Waals surface area contributed by atoms with Gasteiger partial charge in [0.25, 0.3) is 0 Å². The molecule has 2 nitrogen and oxygen atoms in total. The third-order valence-corrected chi connectivity index (χ3v) is 6.42. The summed E-state index contributed by atoms with van der Waals surface area (Å²) in [5.41, 5.74) is 1.37. The predicted molar refractivity (Wildman–Crippen MR) is 82.3 cm³/mol. The maximum atomic E-state index is 10.9. The topological polar surface area (TPSA) is 33.1 Å². The molecule has 0 aliphatic heterocycles. The summed E-state index contributed by atoms with van der Waals surface area (Å²) < 4.78 is 1.01. The lowest BCUT2D eigenvalue weighted by molar-refractivity contribution is -0.119. The molecule has 4 aliphatic rings. The van der Waals surface area contributed by atoms with Gasteiger partial charge >= 0.3 is 0 Å². The zero-order valence-corrected chi connectivity index (χ0v) is 13.3. The van der Waals surface area contributed by atoms with Gasteiger partial charge in [-0.3, -0.25) is 4.98 Å². The molecule has 0 saturated heterocycles. The van der Waals surface area contributed by atoms with Crippen molar-refractivity contribution >= 4 is 15.9 Å². The molecule has 3 heteroatoms. The van der Waals surface area contributed by atoms with E-state index in [1.807, 2.05) is 6.20 Å². The van der Waals surface area contributed by atoms with Crippen LogP contribution in [0, 0.1) is 23.2 Å². The van der Waals surface area contributed by atoms with Gasteiger partial charge < -0.3 is 5.11 Å². The van der Waals surface area contributed by atoms with Crippen molar-refractivity contribution in [3.8, 4) is 0 Å². The molecule has 0 aromatic carbocycles. The second kappa shape index (κ2) is 4.81. The van der Waals surface area contributed by atoms with E-state index in [4.69, 9.17) is 0 Å². The van der Waals surface area contributed by atoms with Crippen LogP contribution in [0.5, 0.6) is 0 Å². The number of nitrogens with zero attached hydrogens (tertiary/aromatic N) is 1. The molecule has 0 radical (unpaired) electrons. The Balaban J connectivity index is 1.54. The van der Waals surface area contributed by atoms with Gasteiger partial charge in [-0.1, -0.05) is 0 Å². The largest absolute Gasteiger partial charge is 0.392 e. The molecule has 1 N–H and O–H groups in total. The van der Waals surface area contributed by atoms with Crippen molar-refractivity contribution in [3.05, 3.63) is 28.5 Å². The van der Waals surface area contributed by atoms with Crippen LogP contribution < -0.4 is 0 Å². The Morgan fingerprint density at radius 1 is 1.15 bits per heavy atom. The first-order valence-corrected chi connectivity index (χ1v) is 8.70. The second-order valence-electron chi connectivity index (χ2n) is 7.51. The molecule has 1 heterocycles. The van der Waals surface area contributed by atoms with Crippen LogP contribution in [0.4, 0.5) is 0 Å². The van der Waals surface area contributed by atoms with Gasteiger partial charge in [0.1, 0.15) is 0 Å². The van der Waals surface area contributed by atoms with E-state index < -0.39 is 0 Å². The van der Waals surface area contributed by atoms with Crippen LogP contribution >= 0.6 is 15.9 Å². The first-order chi connectivity index (χ1) is 9.63. The summed E-state index contributed by atoms with van der Waals surface area (Å²) in [5, 5.41) is 10.9. The van der Waals surface area contributed by atoms with E-state index in [0.717, 1.165) is 34.2 Å². The van der Waals surface area contributed by atoms with Crippen LogP contribution in [-0.4, -0.2) is 16.2 Å². The van der Waals surface area contributed by atoms with Crippen molar-refractivity contribution in [1.82, 2.24) is 4.98 Å². The number of hydrogen-bond acceptors (Lipinski definition) is 2. The Morgan fingerprint density at radius 3 is 2.30 bits per heavy atom. The highest BCUT2D eigenvalue weighted by molar-refractivity contribution is 9.10. The van der Waals surface area contributed by atoms with E-state index in [-0.39, 0.29) is 11.5 Å². The monoisotopic (exact) mass is 335 g/mol. The molecule has 1 unspecified atom stereocenters. The number of aromatic nitrogens is 1. The number of aliphatic hydroxyl groups excluding tert-OH is 1. The fourth-order valence-electron chi connectivity index (χ4n) is 5.59. The highest BCUT2D eigenvalue weighted by Gasteiger charge is 2.53. The van der Waals surface area contributed by atoms with E-state index in [0.29, 0.717) is 0 Å². The van der Waals surface area contributed by atoms with Crippen molar-refractivity contribution in [3.63, 3.8) is 0 Å². The summed E-state index contributed by atoms with van der Waals surface area (Å²) in [4.78, 5) is 4.23. The van der Waals surface area contributed by atoms with Gasteiger partial charge in [-0.25, -0.2) is 0 Å². The van der Waals surface area contributed by atoms with Gasteiger partial charge in [0, 0.05) is 23.3 Å². The first kappa shape index (κ1) is 13.3. The molecule has 0 amide bonds. The lowest BCUT2D eigenvalue weighted by atomic mass is 9.48. The lowest BCUT2D eigenvalue weighted by Gasteiger charge is -2.58. The van der Waals surface area contributed by atoms with Crippen LogP contribution in [0.2, 0.25) is 0 Å². The van der Waals surface area contributed by atoms with E-state index in [1.165, 1.54) is 38.5 Å². The molecule has 5 rings (SSSR count). The minimum atomic E-state index is -0.188. The van der Waals surface area contributed by atoms with E-state index in [2.05, 4.69) is 27.0 Å². The quantitative estimate of drug-likeness (QED) is 0.906. The van der Waals surface area contributed by atoms with Crippen molar-refractivity contribution < 1.29 is 5.11 Å². The number of hydrogen-bond donors (Lipinski definition) is 1. The fraction of sp³-hybridized carbons (Fsp3) is 0.706. The van der Waals surface area contributed by atoms with Gasteiger partial charge in [-0.05, 0) is 89.3 Å². The normalized spacial score (nSPS) is 40.0. The standard InChI is InChI=1S/C17H22BrNO/c18-15-4-14(9-19-10-15)5-16(20)17-6-11-1-12(7-17)3-13(2-11)8-17/h4,9-13,16,20H,1-3,5-8H2.